The molecule has 3 aromatic rings. The average Bonchev–Trinajstić information content (AvgIpc) is 2.91. The second-order valence-corrected chi connectivity index (χ2v) is 11.3. The number of carbonyl (C=O) groups excluding carboxylic acids is 2. The van der Waals surface area contributed by atoms with Crippen LogP contribution < -0.4 is 10.6 Å². The van der Waals surface area contributed by atoms with Crippen LogP contribution in [0.4, 0.5) is 11.4 Å². The Kier molecular flexibility index (Phi) is 6.23. The summed E-state index contributed by atoms with van der Waals surface area (Å²) in [6, 6.07) is 23.5. The number of anilines is 2. The Balaban J connectivity index is 1.10. The number of para-hydroxylation sites is 1. The first-order valence-corrected chi connectivity index (χ1v) is 13.4. The predicted octanol–water partition coefficient (Wildman–Crippen LogP) is 6.61. The van der Waals surface area contributed by atoms with Gasteiger partial charge in [-0.2, -0.15) is 0 Å². The average molecular weight is 495 g/mol. The second kappa shape index (κ2) is 9.70. The fraction of sp³-hybridized carbons (Fsp3) is 0.375. The molecule has 0 aliphatic heterocycles. The Morgan fingerprint density at radius 1 is 0.865 bits per heavy atom. The fourth-order valence-corrected chi connectivity index (χ4v) is 7.50. The molecule has 4 fully saturated rings. The quantitative estimate of drug-likeness (QED) is 0.363. The lowest BCUT2D eigenvalue weighted by Gasteiger charge is -2.57. The van der Waals surface area contributed by atoms with Crippen molar-refractivity contribution in [3.8, 4) is 0 Å². The molecule has 0 atom stereocenters. The first-order chi connectivity index (χ1) is 18.0. The molecule has 1 amide bonds. The highest BCUT2D eigenvalue weighted by Gasteiger charge is 2.51. The minimum absolute atomic E-state index is 0.130. The van der Waals surface area contributed by atoms with Gasteiger partial charge in [0, 0.05) is 17.8 Å². The summed E-state index contributed by atoms with van der Waals surface area (Å²) in [4.78, 5) is 25.0. The van der Waals surface area contributed by atoms with Crippen LogP contribution in [0.5, 0.6) is 0 Å². The van der Waals surface area contributed by atoms with E-state index in [0.717, 1.165) is 29.0 Å². The summed E-state index contributed by atoms with van der Waals surface area (Å²) in [7, 11) is 1.36. The van der Waals surface area contributed by atoms with Crippen LogP contribution in [0, 0.1) is 17.8 Å². The maximum Gasteiger partial charge on any atom is 0.339 e. The number of esters is 1. The second-order valence-electron chi connectivity index (χ2n) is 11.3. The zero-order chi connectivity index (χ0) is 25.4. The number of carbonyl (C=O) groups is 2. The number of benzene rings is 3. The molecule has 4 aliphatic rings. The molecule has 0 radical (unpaired) electrons. The van der Waals surface area contributed by atoms with Gasteiger partial charge >= 0.3 is 5.97 Å². The monoisotopic (exact) mass is 494 g/mol. The van der Waals surface area contributed by atoms with E-state index in [9.17, 15) is 9.59 Å². The van der Waals surface area contributed by atoms with Gasteiger partial charge in [-0.05, 0) is 103 Å². The summed E-state index contributed by atoms with van der Waals surface area (Å²) in [6.07, 6.45) is 8.46. The molecule has 3 aromatic carbocycles. The van der Waals surface area contributed by atoms with E-state index in [0.29, 0.717) is 28.8 Å². The lowest BCUT2D eigenvalue weighted by atomic mass is 9.48. The van der Waals surface area contributed by atoms with E-state index < -0.39 is 5.97 Å². The van der Waals surface area contributed by atoms with Crippen LogP contribution in [-0.4, -0.2) is 19.0 Å². The number of ether oxygens (including phenoxy) is 1. The lowest BCUT2D eigenvalue weighted by molar-refractivity contribution is -0.00519. The molecular weight excluding hydrogens is 460 g/mol. The highest BCUT2D eigenvalue weighted by Crippen LogP contribution is 2.60. The fourth-order valence-electron chi connectivity index (χ4n) is 7.50. The molecule has 7 rings (SSSR count). The van der Waals surface area contributed by atoms with E-state index in [-0.39, 0.29) is 5.91 Å². The predicted molar refractivity (Wildman–Crippen MR) is 145 cm³/mol. The maximum absolute atomic E-state index is 12.9. The van der Waals surface area contributed by atoms with Gasteiger partial charge in [-0.3, -0.25) is 4.79 Å². The third-order valence-corrected chi connectivity index (χ3v) is 8.79. The third-order valence-electron chi connectivity index (χ3n) is 8.79. The van der Waals surface area contributed by atoms with Gasteiger partial charge in [-0.25, -0.2) is 4.79 Å². The Labute approximate surface area is 218 Å². The van der Waals surface area contributed by atoms with Crippen molar-refractivity contribution in [2.75, 3.05) is 12.4 Å². The molecule has 2 N–H and O–H groups in total. The third kappa shape index (κ3) is 4.75. The van der Waals surface area contributed by atoms with Crippen LogP contribution in [0.2, 0.25) is 0 Å². The highest BCUT2D eigenvalue weighted by atomic mass is 16.5. The SMILES string of the molecule is COC(=O)c1ccccc1Nc1cccc(C(=O)NCc2ccc(C34CC5CC(CC(C5)C3)C4)cc2)c1. The van der Waals surface area contributed by atoms with E-state index in [1.165, 1.54) is 51.2 Å². The van der Waals surface area contributed by atoms with Crippen LogP contribution in [0.1, 0.15) is 70.4 Å². The Bertz CT molecular complexity index is 1280. The number of methoxy groups -OCH3 is 1. The van der Waals surface area contributed by atoms with Crippen molar-refractivity contribution >= 4 is 23.3 Å². The number of rotatable bonds is 7. The first-order valence-electron chi connectivity index (χ1n) is 13.4. The molecule has 0 saturated heterocycles. The molecule has 0 unspecified atom stereocenters. The van der Waals surface area contributed by atoms with Crippen LogP contribution in [0.15, 0.2) is 72.8 Å². The summed E-state index contributed by atoms with van der Waals surface area (Å²) in [6.45, 7) is 0.489. The normalized spacial score (nSPS) is 25.5. The van der Waals surface area contributed by atoms with E-state index >= 15 is 0 Å². The van der Waals surface area contributed by atoms with Crippen molar-refractivity contribution in [3.63, 3.8) is 0 Å². The van der Waals surface area contributed by atoms with Gasteiger partial charge in [0.1, 0.15) is 0 Å². The zero-order valence-electron chi connectivity index (χ0n) is 21.3. The summed E-state index contributed by atoms with van der Waals surface area (Å²) in [5.74, 6) is 2.26. The molecule has 4 saturated carbocycles. The van der Waals surface area contributed by atoms with Crippen molar-refractivity contribution in [1.82, 2.24) is 5.32 Å². The van der Waals surface area contributed by atoms with Gasteiger partial charge in [0.25, 0.3) is 5.91 Å². The van der Waals surface area contributed by atoms with Crippen molar-refractivity contribution in [2.24, 2.45) is 17.8 Å². The lowest BCUT2D eigenvalue weighted by Crippen LogP contribution is -2.48. The van der Waals surface area contributed by atoms with Crippen LogP contribution in [-0.2, 0) is 16.7 Å². The van der Waals surface area contributed by atoms with E-state index in [1.807, 2.05) is 24.3 Å². The topological polar surface area (TPSA) is 67.4 Å². The molecule has 37 heavy (non-hydrogen) atoms. The number of nitrogens with one attached hydrogen (secondary N) is 2. The summed E-state index contributed by atoms with van der Waals surface area (Å²) < 4.78 is 4.88. The molecule has 5 nitrogen and oxygen atoms in total. The Hall–Kier alpha value is -3.60. The summed E-state index contributed by atoms with van der Waals surface area (Å²) >= 11 is 0. The van der Waals surface area contributed by atoms with Crippen molar-refractivity contribution in [3.05, 3.63) is 95.1 Å². The Morgan fingerprint density at radius 2 is 1.54 bits per heavy atom. The standard InChI is InChI=1S/C32H34N2O3/c1-37-31(36)28-7-2-3-8-29(28)34-27-6-4-5-25(16-27)30(35)33-20-21-9-11-26(12-10-21)32-17-22-13-23(18-32)15-24(14-22)19-32/h2-12,16,22-24,34H,13-15,17-20H2,1H3,(H,33,35). The van der Waals surface area contributed by atoms with Gasteiger partial charge in [0.15, 0.2) is 0 Å². The number of hydrogen-bond donors (Lipinski definition) is 2. The van der Waals surface area contributed by atoms with Crippen molar-refractivity contribution in [2.45, 2.75) is 50.5 Å². The molecule has 190 valence electrons. The zero-order valence-corrected chi connectivity index (χ0v) is 21.3. The van der Waals surface area contributed by atoms with E-state index in [2.05, 4.69) is 34.9 Å². The molecule has 5 heteroatoms. The molecule has 0 aromatic heterocycles. The molecule has 4 bridgehead atoms. The largest absolute Gasteiger partial charge is 0.465 e. The van der Waals surface area contributed by atoms with Gasteiger partial charge in [-0.1, -0.05) is 42.5 Å². The van der Waals surface area contributed by atoms with Gasteiger partial charge < -0.3 is 15.4 Å². The minimum atomic E-state index is -0.411. The summed E-state index contributed by atoms with van der Waals surface area (Å²) in [5, 5.41) is 6.30. The van der Waals surface area contributed by atoms with Crippen molar-refractivity contribution < 1.29 is 14.3 Å². The Morgan fingerprint density at radius 3 is 2.22 bits per heavy atom. The molecule has 4 aliphatic carbocycles. The molecular formula is C32H34N2O3. The number of hydrogen-bond acceptors (Lipinski definition) is 4. The minimum Gasteiger partial charge on any atom is -0.465 e. The van der Waals surface area contributed by atoms with E-state index in [1.54, 1.807) is 24.3 Å². The van der Waals surface area contributed by atoms with Crippen LogP contribution in [0.3, 0.4) is 0 Å². The van der Waals surface area contributed by atoms with Crippen LogP contribution >= 0.6 is 0 Å². The number of amides is 1. The van der Waals surface area contributed by atoms with Crippen molar-refractivity contribution in [1.29, 1.82) is 0 Å². The van der Waals surface area contributed by atoms with E-state index in [4.69, 9.17) is 4.74 Å². The summed E-state index contributed by atoms with van der Waals surface area (Å²) in [5.41, 5.74) is 5.38. The molecule has 0 heterocycles. The molecule has 0 spiro atoms. The maximum atomic E-state index is 12.9. The van der Waals surface area contributed by atoms with Gasteiger partial charge in [0.05, 0.1) is 18.4 Å². The highest BCUT2D eigenvalue weighted by molar-refractivity contribution is 5.97. The smallest absolute Gasteiger partial charge is 0.339 e. The van der Waals surface area contributed by atoms with Gasteiger partial charge in [-0.15, -0.1) is 0 Å². The van der Waals surface area contributed by atoms with Crippen LogP contribution in [0.25, 0.3) is 0 Å². The first kappa shape index (κ1) is 23.8. The van der Waals surface area contributed by atoms with Gasteiger partial charge in [0.2, 0.25) is 0 Å².